The molecule has 2 N–H and O–H groups in total. The Kier molecular flexibility index (Phi) is 3.12. The molecule has 1 fully saturated rings. The predicted octanol–water partition coefficient (Wildman–Crippen LogP) is 3.74. The van der Waals surface area contributed by atoms with Gasteiger partial charge in [0.05, 0.1) is 5.41 Å². The molecule has 0 bridgehead atoms. The number of aromatic nitrogens is 1. The van der Waals surface area contributed by atoms with Gasteiger partial charge in [0.25, 0.3) is 0 Å². The highest BCUT2D eigenvalue weighted by atomic mass is 32.2. The minimum absolute atomic E-state index is 0.166. The molecule has 1 aromatic heterocycles. The smallest absolute Gasteiger partial charge is 0.311 e. The Bertz CT molecular complexity index is 721. The second-order valence-electron chi connectivity index (χ2n) is 6.58. The number of aromatic amines is 1. The average molecular weight is 313 g/mol. The van der Waals surface area contributed by atoms with Crippen molar-refractivity contribution >= 4 is 17.7 Å². The number of hydrogen-bond acceptors (Lipinski definition) is 2. The second-order valence-corrected chi connectivity index (χ2v) is 7.99. The zero-order valence-electron chi connectivity index (χ0n) is 12.5. The molecule has 3 unspecified atom stereocenters. The van der Waals surface area contributed by atoms with Crippen molar-refractivity contribution in [3.8, 4) is 0 Å². The predicted molar refractivity (Wildman–Crippen MR) is 88.2 cm³/mol. The molecule has 4 rings (SSSR count). The molecule has 22 heavy (non-hydrogen) atoms. The van der Waals surface area contributed by atoms with Gasteiger partial charge in [-0.1, -0.05) is 29.8 Å². The van der Waals surface area contributed by atoms with Crippen LogP contribution in [-0.2, 0) is 17.6 Å². The topological polar surface area (TPSA) is 53.1 Å². The zero-order valence-corrected chi connectivity index (χ0v) is 13.3. The summed E-state index contributed by atoms with van der Waals surface area (Å²) in [4.78, 5) is 15.2. The Hall–Kier alpha value is -1.68. The number of carboxylic acids is 1. The van der Waals surface area contributed by atoms with E-state index in [0.717, 1.165) is 12.8 Å². The summed E-state index contributed by atoms with van der Waals surface area (Å²) in [7, 11) is 0. The number of carbonyl (C=O) groups is 1. The molecule has 1 aliphatic carbocycles. The van der Waals surface area contributed by atoms with E-state index >= 15 is 0 Å². The third-order valence-electron chi connectivity index (χ3n) is 5.21. The minimum atomic E-state index is -0.633. The van der Waals surface area contributed by atoms with Crippen LogP contribution in [0.15, 0.2) is 36.7 Å². The first kappa shape index (κ1) is 13.9. The van der Waals surface area contributed by atoms with Crippen LogP contribution >= 0.6 is 11.8 Å². The highest BCUT2D eigenvalue weighted by molar-refractivity contribution is 8.00. The van der Waals surface area contributed by atoms with Crippen LogP contribution in [0.5, 0.6) is 0 Å². The van der Waals surface area contributed by atoms with Crippen LogP contribution in [0.3, 0.4) is 0 Å². The molecular weight excluding hydrogens is 294 g/mol. The van der Waals surface area contributed by atoms with Crippen LogP contribution in [0, 0.1) is 12.3 Å². The highest BCUT2D eigenvalue weighted by Gasteiger charge is 2.55. The highest BCUT2D eigenvalue weighted by Crippen LogP contribution is 2.59. The number of fused-ring (bicyclic) bond motifs is 2. The number of rotatable bonds is 2. The van der Waals surface area contributed by atoms with E-state index in [0.29, 0.717) is 6.42 Å². The van der Waals surface area contributed by atoms with Gasteiger partial charge in [0.2, 0.25) is 0 Å². The number of carboxylic acid groups (broad SMARTS) is 1. The maximum Gasteiger partial charge on any atom is 0.311 e. The zero-order chi connectivity index (χ0) is 15.3. The maximum absolute atomic E-state index is 12.1. The molecule has 0 amide bonds. The van der Waals surface area contributed by atoms with Crippen molar-refractivity contribution in [3.63, 3.8) is 0 Å². The summed E-state index contributed by atoms with van der Waals surface area (Å²) in [5.41, 5.74) is 4.36. The van der Waals surface area contributed by atoms with Crippen molar-refractivity contribution in [2.24, 2.45) is 5.41 Å². The van der Waals surface area contributed by atoms with Gasteiger partial charge >= 0.3 is 5.97 Å². The van der Waals surface area contributed by atoms with Gasteiger partial charge in [-0.05, 0) is 42.9 Å². The molecule has 0 saturated carbocycles. The summed E-state index contributed by atoms with van der Waals surface area (Å²) in [5, 5.41) is 10.4. The van der Waals surface area contributed by atoms with Gasteiger partial charge in [-0.3, -0.25) is 4.79 Å². The Labute approximate surface area is 134 Å². The van der Waals surface area contributed by atoms with Crippen LogP contribution in [-0.4, -0.2) is 21.3 Å². The number of aryl methyl sites for hydroxylation is 1. The third-order valence-corrected chi connectivity index (χ3v) is 6.92. The molecule has 3 nitrogen and oxygen atoms in total. The lowest BCUT2D eigenvalue weighted by Gasteiger charge is -2.34. The van der Waals surface area contributed by atoms with E-state index in [9.17, 15) is 9.90 Å². The monoisotopic (exact) mass is 313 g/mol. The fourth-order valence-corrected chi connectivity index (χ4v) is 5.79. The molecule has 114 valence electrons. The number of nitrogens with one attached hydrogen (secondary N) is 1. The molecule has 4 heteroatoms. The first-order chi connectivity index (χ1) is 10.6. The van der Waals surface area contributed by atoms with E-state index in [-0.39, 0.29) is 10.5 Å². The van der Waals surface area contributed by atoms with Gasteiger partial charge in [0.1, 0.15) is 0 Å². The van der Waals surface area contributed by atoms with Gasteiger partial charge < -0.3 is 10.1 Å². The molecule has 3 atom stereocenters. The molecule has 1 aromatic carbocycles. The molecular formula is C18H19NO2S. The summed E-state index contributed by atoms with van der Waals surface area (Å²) in [6, 6.07) is 8.55. The molecule has 2 aromatic rings. The van der Waals surface area contributed by atoms with Crippen molar-refractivity contribution in [1.82, 2.24) is 4.98 Å². The minimum Gasteiger partial charge on any atom is -0.481 e. The summed E-state index contributed by atoms with van der Waals surface area (Å²) in [6.07, 6.45) is 6.24. The molecule has 2 aliphatic rings. The Morgan fingerprint density at radius 3 is 2.73 bits per heavy atom. The molecule has 1 aliphatic heterocycles. The fourth-order valence-electron chi connectivity index (χ4n) is 3.87. The fraction of sp³-hybridized carbons (Fsp3) is 0.389. The van der Waals surface area contributed by atoms with E-state index in [1.165, 1.54) is 22.3 Å². The van der Waals surface area contributed by atoms with Crippen molar-refractivity contribution in [2.75, 3.05) is 0 Å². The van der Waals surface area contributed by atoms with Crippen molar-refractivity contribution < 1.29 is 9.90 Å². The summed E-state index contributed by atoms with van der Waals surface area (Å²) in [5.74, 6) is -0.633. The van der Waals surface area contributed by atoms with Gasteiger partial charge in [0.15, 0.2) is 0 Å². The first-order valence-electron chi connectivity index (χ1n) is 7.68. The van der Waals surface area contributed by atoms with Crippen LogP contribution in [0.4, 0.5) is 0 Å². The quantitative estimate of drug-likeness (QED) is 0.888. The number of hydrogen-bond donors (Lipinski definition) is 2. The number of aliphatic carboxylic acids is 1. The maximum atomic E-state index is 12.1. The number of thioether (sulfide) groups is 1. The molecule has 2 heterocycles. The van der Waals surface area contributed by atoms with E-state index in [1.54, 1.807) is 0 Å². The van der Waals surface area contributed by atoms with E-state index in [1.807, 2.05) is 24.2 Å². The summed E-state index contributed by atoms with van der Waals surface area (Å²) < 4.78 is 0. The number of benzene rings is 1. The lowest BCUT2D eigenvalue weighted by atomic mass is 9.69. The lowest BCUT2D eigenvalue weighted by Crippen LogP contribution is -2.43. The van der Waals surface area contributed by atoms with Gasteiger partial charge in [-0.25, -0.2) is 0 Å². The number of H-pyrrole nitrogens is 1. The average Bonchev–Trinajstić information content (AvgIpc) is 3.08. The summed E-state index contributed by atoms with van der Waals surface area (Å²) in [6.45, 7) is 2.08. The SMILES string of the molecule is Cc1ccc(C2CC3(C(=O)O)Cc4c[nH]cc4CC3S2)cc1. The van der Waals surface area contributed by atoms with Crippen LogP contribution in [0.25, 0.3) is 0 Å². The first-order valence-corrected chi connectivity index (χ1v) is 8.63. The van der Waals surface area contributed by atoms with Crippen LogP contribution < -0.4 is 0 Å². The van der Waals surface area contributed by atoms with Crippen LogP contribution in [0.2, 0.25) is 0 Å². The normalized spacial score (nSPS) is 29.9. The van der Waals surface area contributed by atoms with E-state index in [2.05, 4.69) is 36.2 Å². The Balaban J connectivity index is 1.69. The third kappa shape index (κ3) is 2.01. The largest absolute Gasteiger partial charge is 0.481 e. The van der Waals surface area contributed by atoms with Crippen LogP contribution in [0.1, 0.15) is 33.9 Å². The molecule has 0 radical (unpaired) electrons. The van der Waals surface area contributed by atoms with Gasteiger partial charge in [-0.2, -0.15) is 0 Å². The Morgan fingerprint density at radius 1 is 1.27 bits per heavy atom. The molecule has 1 saturated heterocycles. The lowest BCUT2D eigenvalue weighted by molar-refractivity contribution is -0.149. The second kappa shape index (κ2) is 4.92. The van der Waals surface area contributed by atoms with Gasteiger partial charge in [0, 0.05) is 22.9 Å². The van der Waals surface area contributed by atoms with E-state index in [4.69, 9.17) is 0 Å². The van der Waals surface area contributed by atoms with Crippen molar-refractivity contribution in [2.45, 2.75) is 36.7 Å². The van der Waals surface area contributed by atoms with Crippen molar-refractivity contribution in [3.05, 3.63) is 58.9 Å². The molecule has 0 spiro atoms. The van der Waals surface area contributed by atoms with Crippen molar-refractivity contribution in [1.29, 1.82) is 0 Å². The van der Waals surface area contributed by atoms with Gasteiger partial charge in [-0.15, -0.1) is 11.8 Å². The van der Waals surface area contributed by atoms with E-state index < -0.39 is 11.4 Å². The standard InChI is InChI=1S/C18H19NO2S/c1-11-2-4-12(5-3-11)15-8-18(17(20)21)7-14-10-19-9-13(14)6-16(18)22-15/h2-5,9-10,15-16,19H,6-8H2,1H3,(H,20,21). The Morgan fingerprint density at radius 2 is 2.00 bits per heavy atom. The summed E-state index contributed by atoms with van der Waals surface area (Å²) >= 11 is 1.85.